The lowest BCUT2D eigenvalue weighted by Crippen LogP contribution is -2.19. The van der Waals surface area contributed by atoms with Crippen LogP contribution in [0.1, 0.15) is 28.3 Å². The van der Waals surface area contributed by atoms with Crippen LogP contribution in [0.25, 0.3) is 0 Å². The van der Waals surface area contributed by atoms with Crippen LogP contribution < -0.4 is 5.32 Å². The molecule has 2 aromatic rings. The highest BCUT2D eigenvalue weighted by molar-refractivity contribution is 5.38. The summed E-state index contributed by atoms with van der Waals surface area (Å²) in [5.74, 6) is -0.464. The number of hydrogen-bond donors (Lipinski definition) is 1. The summed E-state index contributed by atoms with van der Waals surface area (Å²) in [4.78, 5) is 0. The van der Waals surface area contributed by atoms with Crippen molar-refractivity contribution in [3.63, 3.8) is 0 Å². The van der Waals surface area contributed by atoms with Gasteiger partial charge in [0.1, 0.15) is 11.6 Å². The minimum Gasteiger partial charge on any atom is -0.309 e. The van der Waals surface area contributed by atoms with Crippen LogP contribution in [-0.4, -0.2) is 7.05 Å². The van der Waals surface area contributed by atoms with Crippen LogP contribution in [0.15, 0.2) is 36.4 Å². The van der Waals surface area contributed by atoms with Crippen molar-refractivity contribution in [3.05, 3.63) is 70.3 Å². The molecule has 1 N–H and O–H groups in total. The Kier molecular flexibility index (Phi) is 3.96. The van der Waals surface area contributed by atoms with Crippen LogP contribution in [0.5, 0.6) is 0 Å². The van der Waals surface area contributed by atoms with Gasteiger partial charge in [0, 0.05) is 5.56 Å². The highest BCUT2D eigenvalue weighted by Gasteiger charge is 2.17. The summed E-state index contributed by atoms with van der Waals surface area (Å²) in [5, 5.41) is 3.09. The third-order valence-corrected chi connectivity index (χ3v) is 3.30. The maximum Gasteiger partial charge on any atom is 0.129 e. The monoisotopic (exact) mass is 261 g/mol. The molecule has 1 atom stereocenters. The third kappa shape index (κ3) is 2.66. The van der Waals surface area contributed by atoms with Crippen LogP contribution >= 0.6 is 0 Å². The molecular formula is C16H17F2N. The van der Waals surface area contributed by atoms with E-state index in [-0.39, 0.29) is 17.7 Å². The molecule has 0 saturated heterocycles. The summed E-state index contributed by atoms with van der Waals surface area (Å²) < 4.78 is 27.5. The molecule has 0 amide bonds. The van der Waals surface area contributed by atoms with E-state index in [1.54, 1.807) is 51.2 Å². The molecule has 0 fully saturated rings. The van der Waals surface area contributed by atoms with E-state index in [1.807, 2.05) is 0 Å². The van der Waals surface area contributed by atoms with Gasteiger partial charge in [-0.25, -0.2) is 8.78 Å². The van der Waals surface area contributed by atoms with E-state index in [0.29, 0.717) is 16.7 Å². The summed E-state index contributed by atoms with van der Waals surface area (Å²) in [5.41, 5.74) is 2.58. The Morgan fingerprint density at radius 2 is 1.58 bits per heavy atom. The molecule has 100 valence electrons. The molecule has 0 spiro atoms. The molecule has 0 saturated carbocycles. The van der Waals surface area contributed by atoms with Gasteiger partial charge in [-0.3, -0.25) is 0 Å². The van der Waals surface area contributed by atoms with Crippen molar-refractivity contribution in [2.75, 3.05) is 7.05 Å². The first-order valence-corrected chi connectivity index (χ1v) is 6.23. The van der Waals surface area contributed by atoms with Crippen molar-refractivity contribution in [3.8, 4) is 0 Å². The second-order valence-corrected chi connectivity index (χ2v) is 4.71. The molecule has 0 bridgehead atoms. The van der Waals surface area contributed by atoms with Gasteiger partial charge in [-0.15, -0.1) is 0 Å². The molecule has 19 heavy (non-hydrogen) atoms. The summed E-state index contributed by atoms with van der Waals surface area (Å²) in [6.45, 7) is 3.44. The van der Waals surface area contributed by atoms with Gasteiger partial charge in [0.05, 0.1) is 6.04 Å². The largest absolute Gasteiger partial charge is 0.309 e. The van der Waals surface area contributed by atoms with Crippen LogP contribution in [0, 0.1) is 25.5 Å². The molecule has 0 aliphatic rings. The van der Waals surface area contributed by atoms with Crippen LogP contribution in [0.2, 0.25) is 0 Å². The van der Waals surface area contributed by atoms with E-state index in [1.165, 1.54) is 6.07 Å². The molecular weight excluding hydrogens is 244 g/mol. The van der Waals surface area contributed by atoms with Gasteiger partial charge in [0.15, 0.2) is 0 Å². The maximum atomic E-state index is 13.9. The maximum absolute atomic E-state index is 13.9. The third-order valence-electron chi connectivity index (χ3n) is 3.30. The van der Waals surface area contributed by atoms with E-state index >= 15 is 0 Å². The second-order valence-electron chi connectivity index (χ2n) is 4.71. The molecule has 0 aromatic heterocycles. The zero-order chi connectivity index (χ0) is 14.0. The quantitative estimate of drug-likeness (QED) is 0.883. The van der Waals surface area contributed by atoms with Gasteiger partial charge in [0.2, 0.25) is 0 Å². The average molecular weight is 261 g/mol. The molecule has 2 rings (SSSR count). The number of hydrogen-bond acceptors (Lipinski definition) is 1. The predicted molar refractivity (Wildman–Crippen MR) is 73.2 cm³/mol. The Labute approximate surface area is 112 Å². The Hall–Kier alpha value is -1.74. The fourth-order valence-electron chi connectivity index (χ4n) is 2.36. The lowest BCUT2D eigenvalue weighted by molar-refractivity contribution is 0.572. The SMILES string of the molecule is CNC(c1cc(C)c(F)c(C)c1)c1ccccc1F. The number of nitrogens with one attached hydrogen (secondary N) is 1. The average Bonchev–Trinajstić information content (AvgIpc) is 2.39. The van der Waals surface area contributed by atoms with Crippen LogP contribution in [0.4, 0.5) is 8.78 Å². The van der Waals surface area contributed by atoms with Crippen molar-refractivity contribution < 1.29 is 8.78 Å². The Bertz CT molecular complexity index is 570. The summed E-state index contributed by atoms with van der Waals surface area (Å²) in [6.07, 6.45) is 0. The van der Waals surface area contributed by atoms with Crippen molar-refractivity contribution in [1.82, 2.24) is 5.32 Å². The van der Waals surface area contributed by atoms with Crippen LogP contribution in [-0.2, 0) is 0 Å². The molecule has 0 aliphatic carbocycles. The summed E-state index contributed by atoms with van der Waals surface area (Å²) in [7, 11) is 1.77. The smallest absolute Gasteiger partial charge is 0.129 e. The number of rotatable bonds is 3. The minimum atomic E-state index is -0.279. The zero-order valence-electron chi connectivity index (χ0n) is 11.3. The highest BCUT2D eigenvalue weighted by Crippen LogP contribution is 2.27. The van der Waals surface area contributed by atoms with Gasteiger partial charge in [0.25, 0.3) is 0 Å². The lowest BCUT2D eigenvalue weighted by Gasteiger charge is -2.19. The Balaban J connectivity index is 2.52. The predicted octanol–water partition coefficient (Wildman–Crippen LogP) is 3.89. The van der Waals surface area contributed by atoms with E-state index < -0.39 is 0 Å². The van der Waals surface area contributed by atoms with Gasteiger partial charge >= 0.3 is 0 Å². The molecule has 2 aromatic carbocycles. The summed E-state index contributed by atoms with van der Waals surface area (Å²) >= 11 is 0. The molecule has 0 heterocycles. The van der Waals surface area contributed by atoms with Gasteiger partial charge in [-0.1, -0.05) is 30.3 Å². The number of halogens is 2. The van der Waals surface area contributed by atoms with Crippen LogP contribution in [0.3, 0.4) is 0 Å². The fraction of sp³-hybridized carbons (Fsp3) is 0.250. The molecule has 0 aliphatic heterocycles. The molecule has 1 unspecified atom stereocenters. The second kappa shape index (κ2) is 5.49. The molecule has 1 nitrogen and oxygen atoms in total. The standard InChI is InChI=1S/C16H17F2N/c1-10-8-12(9-11(2)15(10)18)16(19-3)13-6-4-5-7-14(13)17/h4-9,16,19H,1-3H3. The van der Waals surface area contributed by atoms with Gasteiger partial charge in [-0.2, -0.15) is 0 Å². The van der Waals surface area contributed by atoms with E-state index in [0.717, 1.165) is 5.56 Å². The van der Waals surface area contributed by atoms with Crippen molar-refractivity contribution in [2.24, 2.45) is 0 Å². The van der Waals surface area contributed by atoms with E-state index in [4.69, 9.17) is 0 Å². The minimum absolute atomic E-state index is 0.202. The first-order valence-electron chi connectivity index (χ1n) is 6.23. The Morgan fingerprint density at radius 3 is 2.11 bits per heavy atom. The Morgan fingerprint density at radius 1 is 1.00 bits per heavy atom. The topological polar surface area (TPSA) is 12.0 Å². The van der Waals surface area contributed by atoms with Crippen molar-refractivity contribution in [2.45, 2.75) is 19.9 Å². The first-order chi connectivity index (χ1) is 9.04. The van der Waals surface area contributed by atoms with Gasteiger partial charge in [-0.05, 0) is 43.7 Å². The first kappa shape index (κ1) is 13.7. The number of benzene rings is 2. The van der Waals surface area contributed by atoms with E-state index in [2.05, 4.69) is 5.32 Å². The van der Waals surface area contributed by atoms with Crippen molar-refractivity contribution in [1.29, 1.82) is 0 Å². The van der Waals surface area contributed by atoms with E-state index in [9.17, 15) is 8.78 Å². The lowest BCUT2D eigenvalue weighted by atomic mass is 9.95. The molecule has 0 radical (unpaired) electrons. The fourth-order valence-corrected chi connectivity index (χ4v) is 2.36. The van der Waals surface area contributed by atoms with Gasteiger partial charge < -0.3 is 5.32 Å². The number of aryl methyl sites for hydroxylation is 2. The van der Waals surface area contributed by atoms with Crippen molar-refractivity contribution >= 4 is 0 Å². The zero-order valence-corrected chi connectivity index (χ0v) is 11.3. The summed E-state index contributed by atoms with van der Waals surface area (Å²) in [6, 6.07) is 9.87. The highest BCUT2D eigenvalue weighted by atomic mass is 19.1. The molecule has 3 heteroatoms. The normalized spacial score (nSPS) is 12.5.